The van der Waals surface area contributed by atoms with Gasteiger partial charge in [0.2, 0.25) is 0 Å². The second-order valence-electron chi connectivity index (χ2n) is 10.6. The lowest BCUT2D eigenvalue weighted by atomic mass is 9.94. The Balaban J connectivity index is 1.35. The fourth-order valence-corrected chi connectivity index (χ4v) is 5.60. The zero-order valence-corrected chi connectivity index (χ0v) is 24.8. The molecule has 0 aliphatic heterocycles. The molecule has 0 aliphatic carbocycles. The standard InChI is InChI=1S/C40H29N5/c1-3-27(19-22-41-2)37-26-38(31-20-23-42-24-21-31)45-40(44-37)32-15-13-30(14-16-32)36-25-34(28-9-5-4-6-10-28)39-33-12-8-7-11-29(33)17-18-35(39)43-36/h3-26H,1H2,2H3/b27-19+,41-22?. The van der Waals surface area contributed by atoms with E-state index >= 15 is 0 Å². The number of allylic oxidation sites excluding steroid dienone is 3. The van der Waals surface area contributed by atoms with E-state index in [0.29, 0.717) is 5.82 Å². The fourth-order valence-electron chi connectivity index (χ4n) is 5.60. The Bertz CT molecular complexity index is 2220. The first-order chi connectivity index (χ1) is 22.2. The number of aliphatic imine (C=N–C) groups is 1. The van der Waals surface area contributed by atoms with Crippen molar-refractivity contribution in [1.29, 1.82) is 0 Å². The normalized spacial score (nSPS) is 11.8. The van der Waals surface area contributed by atoms with Crippen LogP contribution in [0.1, 0.15) is 5.69 Å². The van der Waals surface area contributed by atoms with Gasteiger partial charge in [-0.3, -0.25) is 9.98 Å². The third-order valence-corrected chi connectivity index (χ3v) is 7.84. The SMILES string of the molecule is C=C/C(=C\C=NC)c1cc(-c2ccncc2)nc(-c2ccc(-c3cc(-c4ccccc4)c4c(ccc5ccccc54)n3)cc2)n1. The Morgan fingerprint density at radius 3 is 2.16 bits per heavy atom. The summed E-state index contributed by atoms with van der Waals surface area (Å²) in [6.45, 7) is 4.00. The van der Waals surface area contributed by atoms with Crippen LogP contribution in [0.3, 0.4) is 0 Å². The number of benzene rings is 4. The van der Waals surface area contributed by atoms with E-state index in [4.69, 9.17) is 15.0 Å². The minimum absolute atomic E-state index is 0.620. The van der Waals surface area contributed by atoms with Crippen LogP contribution in [0.2, 0.25) is 0 Å². The van der Waals surface area contributed by atoms with Crippen molar-refractivity contribution in [2.24, 2.45) is 4.99 Å². The highest BCUT2D eigenvalue weighted by Gasteiger charge is 2.14. The summed E-state index contributed by atoms with van der Waals surface area (Å²) in [5.74, 6) is 0.620. The first kappa shape index (κ1) is 27.7. The molecule has 0 amide bonds. The molecule has 0 N–H and O–H groups in total. The van der Waals surface area contributed by atoms with Crippen molar-refractivity contribution in [3.05, 3.63) is 152 Å². The molecule has 7 rings (SSSR count). The van der Waals surface area contributed by atoms with E-state index in [0.717, 1.165) is 61.4 Å². The van der Waals surface area contributed by atoms with E-state index in [1.54, 1.807) is 31.7 Å². The van der Waals surface area contributed by atoms with Gasteiger partial charge in [0.15, 0.2) is 5.82 Å². The Hall–Kier alpha value is -6.07. The second-order valence-corrected chi connectivity index (χ2v) is 10.6. The maximum atomic E-state index is 5.15. The molecule has 45 heavy (non-hydrogen) atoms. The first-order valence-corrected chi connectivity index (χ1v) is 14.8. The molecule has 4 aromatic carbocycles. The van der Waals surface area contributed by atoms with E-state index in [2.05, 4.69) is 108 Å². The van der Waals surface area contributed by atoms with Gasteiger partial charge in [0.25, 0.3) is 0 Å². The summed E-state index contributed by atoms with van der Waals surface area (Å²) >= 11 is 0. The number of pyridine rings is 2. The van der Waals surface area contributed by atoms with Crippen LogP contribution in [0.4, 0.5) is 0 Å². The van der Waals surface area contributed by atoms with Gasteiger partial charge in [-0.1, -0.05) is 97.6 Å². The molecule has 5 nitrogen and oxygen atoms in total. The molecule has 0 unspecified atom stereocenters. The fraction of sp³-hybridized carbons (Fsp3) is 0.0250. The van der Waals surface area contributed by atoms with Gasteiger partial charge in [-0.25, -0.2) is 15.0 Å². The van der Waals surface area contributed by atoms with Crippen molar-refractivity contribution in [2.45, 2.75) is 0 Å². The molecule has 0 spiro atoms. The minimum atomic E-state index is 0.620. The van der Waals surface area contributed by atoms with E-state index in [9.17, 15) is 0 Å². The molecule has 3 aromatic heterocycles. The number of nitrogens with zero attached hydrogens (tertiary/aromatic N) is 5. The van der Waals surface area contributed by atoms with E-state index in [1.165, 1.54) is 10.8 Å². The largest absolute Gasteiger partial charge is 0.296 e. The predicted molar refractivity (Wildman–Crippen MR) is 187 cm³/mol. The molecule has 7 aromatic rings. The average Bonchev–Trinajstić information content (AvgIpc) is 3.12. The molecular formula is C40H29N5. The molecule has 0 aliphatic rings. The third kappa shape index (κ3) is 5.55. The van der Waals surface area contributed by atoms with Gasteiger partial charge in [0.1, 0.15) is 0 Å². The Labute approximate surface area is 262 Å². The van der Waals surface area contributed by atoms with Gasteiger partial charge in [-0.2, -0.15) is 0 Å². The van der Waals surface area contributed by atoms with Crippen LogP contribution < -0.4 is 0 Å². The number of fused-ring (bicyclic) bond motifs is 3. The second kappa shape index (κ2) is 12.3. The van der Waals surface area contributed by atoms with Crippen molar-refractivity contribution in [3.8, 4) is 45.0 Å². The summed E-state index contributed by atoms with van der Waals surface area (Å²) in [7, 11) is 1.74. The van der Waals surface area contributed by atoms with Crippen LogP contribution in [-0.2, 0) is 0 Å². The van der Waals surface area contributed by atoms with Gasteiger partial charge >= 0.3 is 0 Å². The number of aromatic nitrogens is 4. The Kier molecular flexibility index (Phi) is 7.57. The van der Waals surface area contributed by atoms with Gasteiger partial charge in [-0.15, -0.1) is 0 Å². The van der Waals surface area contributed by atoms with Gasteiger partial charge in [0, 0.05) is 53.3 Å². The van der Waals surface area contributed by atoms with Gasteiger partial charge in [-0.05, 0) is 58.3 Å². The van der Waals surface area contributed by atoms with Crippen LogP contribution in [0.5, 0.6) is 0 Å². The molecule has 0 radical (unpaired) electrons. The summed E-state index contributed by atoms with van der Waals surface area (Å²) in [5.41, 5.74) is 9.50. The quantitative estimate of drug-likeness (QED) is 0.107. The Morgan fingerprint density at radius 2 is 1.38 bits per heavy atom. The number of hydrogen-bond acceptors (Lipinski definition) is 5. The third-order valence-electron chi connectivity index (χ3n) is 7.84. The van der Waals surface area contributed by atoms with Crippen molar-refractivity contribution in [3.63, 3.8) is 0 Å². The molecule has 3 heterocycles. The van der Waals surface area contributed by atoms with E-state index in [-0.39, 0.29) is 0 Å². The van der Waals surface area contributed by atoms with Crippen LogP contribution >= 0.6 is 0 Å². The zero-order chi connectivity index (χ0) is 30.6. The maximum absolute atomic E-state index is 5.15. The molecule has 0 fully saturated rings. The highest BCUT2D eigenvalue weighted by molar-refractivity contribution is 6.13. The van der Waals surface area contributed by atoms with E-state index in [1.807, 2.05) is 30.3 Å². The lowest BCUT2D eigenvalue weighted by Crippen LogP contribution is -1.98. The summed E-state index contributed by atoms with van der Waals surface area (Å²) in [4.78, 5) is 23.3. The first-order valence-electron chi connectivity index (χ1n) is 14.8. The molecule has 0 atom stereocenters. The lowest BCUT2D eigenvalue weighted by Gasteiger charge is -2.13. The van der Waals surface area contributed by atoms with Crippen molar-refractivity contribution >= 4 is 33.5 Å². The molecule has 0 saturated heterocycles. The van der Waals surface area contributed by atoms with Gasteiger partial charge in [0.05, 0.1) is 22.6 Å². The van der Waals surface area contributed by atoms with Crippen molar-refractivity contribution in [1.82, 2.24) is 19.9 Å². The molecule has 214 valence electrons. The van der Waals surface area contributed by atoms with Crippen molar-refractivity contribution < 1.29 is 0 Å². The van der Waals surface area contributed by atoms with Crippen molar-refractivity contribution in [2.75, 3.05) is 7.05 Å². The highest BCUT2D eigenvalue weighted by Crippen LogP contribution is 2.37. The van der Waals surface area contributed by atoms with E-state index < -0.39 is 0 Å². The molecule has 0 bridgehead atoms. The van der Waals surface area contributed by atoms with Gasteiger partial charge < -0.3 is 0 Å². The average molecular weight is 580 g/mol. The minimum Gasteiger partial charge on any atom is -0.296 e. The lowest BCUT2D eigenvalue weighted by molar-refractivity contribution is 1.15. The smallest absolute Gasteiger partial charge is 0.160 e. The number of hydrogen-bond donors (Lipinski definition) is 0. The van der Waals surface area contributed by atoms with Crippen LogP contribution in [0.15, 0.2) is 151 Å². The summed E-state index contributed by atoms with van der Waals surface area (Å²) < 4.78 is 0. The highest BCUT2D eigenvalue weighted by atomic mass is 14.9. The number of rotatable bonds is 7. The van der Waals surface area contributed by atoms with Crippen LogP contribution in [0, 0.1) is 0 Å². The molecule has 5 heteroatoms. The summed E-state index contributed by atoms with van der Waals surface area (Å²) in [5, 5.41) is 3.56. The zero-order valence-electron chi connectivity index (χ0n) is 24.8. The van der Waals surface area contributed by atoms with Crippen LogP contribution in [0.25, 0.3) is 72.3 Å². The predicted octanol–water partition coefficient (Wildman–Crippen LogP) is 9.51. The monoisotopic (exact) mass is 579 g/mol. The maximum Gasteiger partial charge on any atom is 0.160 e. The topological polar surface area (TPSA) is 63.9 Å². The molecule has 0 saturated carbocycles. The summed E-state index contributed by atoms with van der Waals surface area (Å²) in [6, 6.07) is 39.7. The van der Waals surface area contributed by atoms with Crippen LogP contribution in [-0.4, -0.2) is 33.2 Å². The molecular weight excluding hydrogens is 550 g/mol. The summed E-state index contributed by atoms with van der Waals surface area (Å²) in [6.07, 6.45) is 8.96. The Morgan fingerprint density at radius 1 is 0.667 bits per heavy atom.